The molecule has 0 spiro atoms. The number of carbonyl (C=O) groups is 5. The number of nitrogens with one attached hydrogen (secondary N) is 3. The summed E-state index contributed by atoms with van der Waals surface area (Å²) in [6.45, 7) is 3.37. The predicted molar refractivity (Wildman–Crippen MR) is 222 cm³/mol. The molecule has 16 nitrogen and oxygen atoms in total. The Labute approximate surface area is 355 Å². The minimum Gasteiger partial charge on any atom is -0.481 e. The number of methoxy groups -OCH3 is 1. The number of alkyl carbamates (subject to hydrolysis) is 1. The van der Waals surface area contributed by atoms with Gasteiger partial charge < -0.3 is 34.5 Å². The number of carbonyl (C=O) groups excluding carboxylic acids is 5. The quantitative estimate of drug-likeness (QED) is 0.228. The maximum Gasteiger partial charge on any atom is 0.408 e. The SMILES string of the molecule is C=C[C@@H]1C[C@]1(NC(=O)[C@@H]1C[C@@H]2CN1C(=O)[C@H](C1CCCC1)NC(=O)O[C@@H]1CCC[C@H]1CC/C=C\Cc1c(nc3ccccc3c1OCC(=O)OC)O2)C(=O)NS(=O)(=O)C1CC1. The molecule has 1 aromatic carbocycles. The van der Waals surface area contributed by atoms with Gasteiger partial charge in [0.15, 0.2) is 6.61 Å². The van der Waals surface area contributed by atoms with E-state index in [1.54, 1.807) is 6.07 Å². The molecule has 4 saturated carbocycles. The summed E-state index contributed by atoms with van der Waals surface area (Å²) < 4.78 is 51.7. The average molecular weight is 862 g/mol. The zero-order chi connectivity index (χ0) is 42.9. The number of benzene rings is 1. The van der Waals surface area contributed by atoms with E-state index in [0.717, 1.165) is 38.5 Å². The summed E-state index contributed by atoms with van der Waals surface area (Å²) in [5.74, 6) is -2.63. The van der Waals surface area contributed by atoms with Gasteiger partial charge in [0.2, 0.25) is 27.7 Å². The molecular weight excluding hydrogens is 807 g/mol. The number of hydrogen-bond donors (Lipinski definition) is 3. The Kier molecular flexibility index (Phi) is 12.3. The fourth-order valence-corrected chi connectivity index (χ4v) is 11.0. The number of aromatic nitrogens is 1. The van der Waals surface area contributed by atoms with Crippen LogP contribution in [0.25, 0.3) is 10.9 Å². The van der Waals surface area contributed by atoms with Crippen molar-refractivity contribution in [2.45, 2.75) is 125 Å². The zero-order valence-corrected chi connectivity index (χ0v) is 35.3. The normalized spacial score (nSPS) is 30.0. The molecule has 2 aliphatic heterocycles. The number of hydrogen-bond acceptors (Lipinski definition) is 12. The number of rotatable bonds is 10. The summed E-state index contributed by atoms with van der Waals surface area (Å²) >= 11 is 0. The van der Waals surface area contributed by atoms with Crippen LogP contribution in [-0.2, 0) is 45.1 Å². The third-order valence-corrected chi connectivity index (χ3v) is 15.1. The highest BCUT2D eigenvalue weighted by Gasteiger charge is 2.62. The molecule has 61 heavy (non-hydrogen) atoms. The summed E-state index contributed by atoms with van der Waals surface area (Å²) in [6, 6.07) is 5.11. The Morgan fingerprint density at radius 2 is 1.79 bits per heavy atom. The lowest BCUT2D eigenvalue weighted by Gasteiger charge is -2.32. The smallest absolute Gasteiger partial charge is 0.408 e. The van der Waals surface area contributed by atoms with E-state index in [0.29, 0.717) is 60.7 Å². The lowest BCUT2D eigenvalue weighted by atomic mass is 9.96. The number of sulfonamides is 1. The minimum absolute atomic E-state index is 0.0257. The van der Waals surface area contributed by atoms with Gasteiger partial charge in [-0.2, -0.15) is 0 Å². The van der Waals surface area contributed by atoms with Crippen LogP contribution in [0.3, 0.4) is 0 Å². The number of esters is 1. The van der Waals surface area contributed by atoms with Gasteiger partial charge in [-0.25, -0.2) is 23.0 Å². The highest BCUT2D eigenvalue weighted by Crippen LogP contribution is 2.46. The molecule has 3 heterocycles. The van der Waals surface area contributed by atoms with Crippen LogP contribution in [0.1, 0.15) is 89.0 Å². The van der Waals surface area contributed by atoms with E-state index in [1.807, 2.05) is 24.3 Å². The van der Waals surface area contributed by atoms with E-state index < -0.39 is 74.7 Å². The fourth-order valence-electron chi connectivity index (χ4n) is 9.65. The lowest BCUT2D eigenvalue weighted by molar-refractivity contribution is -0.143. The lowest BCUT2D eigenvalue weighted by Crippen LogP contribution is -2.59. The van der Waals surface area contributed by atoms with Gasteiger partial charge in [0.1, 0.15) is 35.6 Å². The van der Waals surface area contributed by atoms with Crippen molar-refractivity contribution in [3.8, 4) is 11.6 Å². The first-order valence-corrected chi connectivity index (χ1v) is 23.2. The second-order valence-corrected chi connectivity index (χ2v) is 19.3. The highest BCUT2D eigenvalue weighted by atomic mass is 32.2. The van der Waals surface area contributed by atoms with Gasteiger partial charge in [0.05, 0.1) is 30.0 Å². The van der Waals surface area contributed by atoms with Crippen molar-refractivity contribution in [2.24, 2.45) is 17.8 Å². The first-order valence-electron chi connectivity index (χ1n) is 21.6. The Hall–Kier alpha value is -5.19. The molecule has 6 aliphatic rings. The average Bonchev–Trinajstić information content (AvgIpc) is 4.03. The number of fused-ring (bicyclic) bond motifs is 5. The minimum atomic E-state index is -3.93. The van der Waals surface area contributed by atoms with Crippen LogP contribution < -0.4 is 24.8 Å². The molecule has 8 rings (SSSR count). The molecule has 7 atom stereocenters. The summed E-state index contributed by atoms with van der Waals surface area (Å²) in [7, 11) is -2.66. The van der Waals surface area contributed by atoms with E-state index in [2.05, 4.69) is 28.0 Å². The van der Waals surface area contributed by atoms with Crippen LogP contribution in [0.4, 0.5) is 4.79 Å². The monoisotopic (exact) mass is 861 g/mol. The standard InChI is InChI=1S/C44H55N5O11S/c1-3-28-23-44(28,42(53)48-61(55,56)30-20-21-30)47-39(51)34-22-29-24-49(34)41(52)37(27-13-7-8-14-27)46-43(54)60-35-19-11-15-26(35)12-5-4-6-17-32-38(58-25-36(50)57-2)31-16-9-10-18-33(31)45-40(32)59-29/h3-4,6,9-10,16,18,26-30,34-35,37H,1,5,7-8,11-15,17,19-25H2,2H3,(H,46,54)(H,47,51)(H,48,53)/b6-4-/t26-,28-,29-,34+,35-,37+,44-/m1/s1. The van der Waals surface area contributed by atoms with Gasteiger partial charge >= 0.3 is 12.1 Å². The van der Waals surface area contributed by atoms with E-state index in [1.165, 1.54) is 18.1 Å². The molecule has 17 heteroatoms. The molecule has 1 aromatic heterocycles. The topological polar surface area (TPSA) is 209 Å². The molecule has 3 N–H and O–H groups in total. The van der Waals surface area contributed by atoms with Crippen molar-refractivity contribution in [2.75, 3.05) is 20.3 Å². The molecule has 0 radical (unpaired) electrons. The van der Waals surface area contributed by atoms with Gasteiger partial charge in [-0.1, -0.05) is 43.2 Å². The van der Waals surface area contributed by atoms with E-state index in [-0.39, 0.29) is 49.8 Å². The van der Waals surface area contributed by atoms with Crippen molar-refractivity contribution >= 4 is 50.7 Å². The molecule has 0 unspecified atom stereocenters. The van der Waals surface area contributed by atoms with Crippen LogP contribution in [-0.4, -0.2) is 103 Å². The maximum atomic E-state index is 15.0. The van der Waals surface area contributed by atoms with Gasteiger partial charge in [-0.3, -0.25) is 19.1 Å². The molecule has 4 amide bonds. The molecule has 2 bridgehead atoms. The van der Waals surface area contributed by atoms with Crippen molar-refractivity contribution in [1.82, 2.24) is 25.2 Å². The molecule has 5 fully saturated rings. The number of para-hydroxylation sites is 1. The summed E-state index contributed by atoms with van der Waals surface area (Å²) in [5, 5.41) is 5.76. The number of allylic oxidation sites excluding steroid dienone is 2. The van der Waals surface area contributed by atoms with Crippen molar-refractivity contribution in [3.63, 3.8) is 0 Å². The van der Waals surface area contributed by atoms with Crippen molar-refractivity contribution < 1.29 is 51.3 Å². The van der Waals surface area contributed by atoms with Gasteiger partial charge in [0.25, 0.3) is 5.91 Å². The van der Waals surface area contributed by atoms with Gasteiger partial charge in [0, 0.05) is 17.7 Å². The largest absolute Gasteiger partial charge is 0.481 e. The van der Waals surface area contributed by atoms with E-state index in [9.17, 15) is 32.4 Å². The first kappa shape index (κ1) is 42.5. The molecule has 4 aliphatic carbocycles. The van der Waals surface area contributed by atoms with Crippen LogP contribution in [0.2, 0.25) is 0 Å². The van der Waals surface area contributed by atoms with Gasteiger partial charge in [-0.05, 0) is 94.6 Å². The third kappa shape index (κ3) is 9.07. The predicted octanol–water partition coefficient (Wildman–Crippen LogP) is 4.15. The Balaban J connectivity index is 1.17. The fraction of sp³-hybridized carbons (Fsp3) is 0.591. The first-order chi connectivity index (χ1) is 29.4. The van der Waals surface area contributed by atoms with Crippen LogP contribution in [0.15, 0.2) is 49.1 Å². The van der Waals surface area contributed by atoms with E-state index in [4.69, 9.17) is 23.9 Å². The molecule has 1 saturated heterocycles. The Morgan fingerprint density at radius 3 is 2.52 bits per heavy atom. The number of pyridine rings is 1. The van der Waals surface area contributed by atoms with E-state index >= 15 is 0 Å². The van der Waals surface area contributed by atoms with Crippen molar-refractivity contribution in [1.29, 1.82) is 0 Å². The highest BCUT2D eigenvalue weighted by molar-refractivity contribution is 7.91. The van der Waals surface area contributed by atoms with Crippen LogP contribution >= 0.6 is 0 Å². The summed E-state index contributed by atoms with van der Waals surface area (Å²) in [6.07, 6.45) is 12.2. The van der Waals surface area contributed by atoms with Gasteiger partial charge in [-0.15, -0.1) is 6.58 Å². The number of nitrogens with zero attached hydrogens (tertiary/aromatic N) is 2. The third-order valence-electron chi connectivity index (χ3n) is 13.3. The molecule has 2 aromatic rings. The number of amides is 4. The summed E-state index contributed by atoms with van der Waals surface area (Å²) in [5.41, 5.74) is -0.498. The second kappa shape index (κ2) is 17.7. The summed E-state index contributed by atoms with van der Waals surface area (Å²) in [4.78, 5) is 75.6. The maximum absolute atomic E-state index is 15.0. The Bertz CT molecular complexity index is 2210. The number of ether oxygens (including phenoxy) is 4. The Morgan fingerprint density at radius 1 is 1.02 bits per heavy atom. The molecular formula is C44H55N5O11S. The van der Waals surface area contributed by atoms with Crippen LogP contribution in [0.5, 0.6) is 11.6 Å². The van der Waals surface area contributed by atoms with Crippen LogP contribution in [0, 0.1) is 17.8 Å². The molecule has 328 valence electrons. The second-order valence-electron chi connectivity index (χ2n) is 17.3. The van der Waals surface area contributed by atoms with Crippen molar-refractivity contribution in [3.05, 3.63) is 54.6 Å². The zero-order valence-electron chi connectivity index (χ0n) is 34.5.